The number of hydrogen-bond donors (Lipinski definition) is 2. The van der Waals surface area contributed by atoms with Gasteiger partial charge in [-0.1, -0.05) is 107 Å². The third-order valence-electron chi connectivity index (χ3n) is 20.9. The fourth-order valence-electron chi connectivity index (χ4n) is 15.9. The lowest BCUT2D eigenvalue weighted by atomic mass is 9.76. The number of likely N-dealkylation sites (N-methyl/N-ethyl adjacent to an activating group) is 1. The first kappa shape index (κ1) is 71.2. The zero-order valence-electron chi connectivity index (χ0n) is 54.0. The van der Waals surface area contributed by atoms with Crippen LogP contribution in [0.4, 0.5) is 22.7 Å². The van der Waals surface area contributed by atoms with Gasteiger partial charge < -0.3 is 30.4 Å². The number of aryl methyl sites for hydroxylation is 2. The Labute approximate surface area is 559 Å². The van der Waals surface area contributed by atoms with E-state index in [2.05, 4.69) is 87.7 Å². The van der Waals surface area contributed by atoms with Gasteiger partial charge in [0, 0.05) is 70.3 Å². The minimum atomic E-state index is -1.01. The Morgan fingerprint density at radius 1 is 0.549 bits per heavy atom. The number of hydrazone groups is 2. The number of carbonyl (C=O) groups excluding carboxylic acids is 1. The van der Waals surface area contributed by atoms with Gasteiger partial charge in [0.25, 0.3) is 5.91 Å². The summed E-state index contributed by atoms with van der Waals surface area (Å²) in [6.45, 7) is 16.1. The molecule has 3 aliphatic heterocycles. The summed E-state index contributed by atoms with van der Waals surface area (Å²) in [6.07, 6.45) is 31.1. The first-order chi connectivity index (χ1) is 43.0. The number of benzene rings is 2. The Balaban J connectivity index is 0.000000174. The SMILES string of the molecule is C.CN(C)C1CCCC1.CN(C)C1CCCC1.Cl.NC1CCCC1.[C-]#[N+]c1ccc(N2N=C3c4ccc(C(=O)N5CC[C@@H](N(C)C)C5)nc4CCC3C2C2CCCC2)cc1Cl.[C-]#[N+]c1ccc(N2N=C3c4ccc(C(=O)O)nc4CCC3C2C2CCCC2)cc1Cl. The van der Waals surface area contributed by atoms with Crippen molar-refractivity contribution in [2.24, 2.45) is 39.6 Å². The average Bonchev–Trinajstić information content (AvgIpc) is 1.62. The van der Waals surface area contributed by atoms with E-state index in [-0.39, 0.29) is 49.4 Å². The first-order valence-electron chi connectivity index (χ1n) is 33.4. The highest BCUT2D eigenvalue weighted by atomic mass is 35.5. The molecule has 5 atom stereocenters. The van der Waals surface area contributed by atoms with Crippen molar-refractivity contribution in [3.63, 3.8) is 0 Å². The molecule has 4 unspecified atom stereocenters. The van der Waals surface area contributed by atoms with Gasteiger partial charge in [0.1, 0.15) is 11.4 Å². The van der Waals surface area contributed by atoms with Crippen LogP contribution in [0.15, 0.2) is 70.9 Å². The predicted octanol–water partition coefficient (Wildman–Crippen LogP) is 15.7. The van der Waals surface area contributed by atoms with Crippen LogP contribution in [0.25, 0.3) is 9.69 Å². The third-order valence-corrected chi connectivity index (χ3v) is 21.5. The lowest BCUT2D eigenvalue weighted by Crippen LogP contribution is -2.41. The summed E-state index contributed by atoms with van der Waals surface area (Å²) in [5.41, 5.74) is 14.9. The molecule has 5 heterocycles. The van der Waals surface area contributed by atoms with Crippen LogP contribution in [0.3, 0.4) is 0 Å². The van der Waals surface area contributed by atoms with Crippen LogP contribution in [-0.4, -0.2) is 150 Å². The van der Waals surface area contributed by atoms with Crippen LogP contribution < -0.4 is 15.8 Å². The summed E-state index contributed by atoms with van der Waals surface area (Å²) in [6, 6.07) is 21.9. The second-order valence-corrected chi connectivity index (χ2v) is 28.0. The summed E-state index contributed by atoms with van der Waals surface area (Å²) in [5, 5.41) is 24.7. The Hall–Kier alpha value is -5.69. The molecule has 5 saturated carbocycles. The van der Waals surface area contributed by atoms with E-state index in [4.69, 9.17) is 57.3 Å². The number of pyridine rings is 2. The molecule has 1 saturated heterocycles. The lowest BCUT2D eigenvalue weighted by molar-refractivity contribution is 0.0689. The number of fused-ring (bicyclic) bond motifs is 6. The fourth-order valence-corrected chi connectivity index (χ4v) is 16.3. The van der Waals surface area contributed by atoms with Crippen molar-refractivity contribution in [2.75, 3.05) is 65.4 Å². The van der Waals surface area contributed by atoms with Crippen LogP contribution in [0.1, 0.15) is 199 Å². The summed E-state index contributed by atoms with van der Waals surface area (Å²) in [4.78, 5) is 49.6. The number of carboxylic acids is 1. The van der Waals surface area contributed by atoms with Crippen LogP contribution in [-0.2, 0) is 12.8 Å². The molecule has 19 heteroatoms. The number of amides is 1. The first-order valence-corrected chi connectivity index (χ1v) is 34.1. The van der Waals surface area contributed by atoms with Gasteiger partial charge in [0.2, 0.25) is 11.4 Å². The Morgan fingerprint density at radius 2 is 0.945 bits per heavy atom. The maximum atomic E-state index is 13.2. The molecule has 0 radical (unpaired) electrons. The summed E-state index contributed by atoms with van der Waals surface area (Å²) in [5.74, 6) is 0.787. The molecular weight excluding hydrogens is 1200 g/mol. The molecule has 1 amide bonds. The van der Waals surface area contributed by atoms with E-state index in [9.17, 15) is 14.7 Å². The molecule has 16 nitrogen and oxygen atoms in total. The molecular formula is C72H100Cl3N13O3. The summed E-state index contributed by atoms with van der Waals surface area (Å²) in [7, 11) is 12.9. The van der Waals surface area contributed by atoms with Crippen molar-refractivity contribution >= 4 is 81.7 Å². The zero-order valence-corrected chi connectivity index (χ0v) is 56.3. The molecule has 2 aromatic carbocycles. The maximum Gasteiger partial charge on any atom is 0.354 e. The number of nitrogens with two attached hydrogens (primary N) is 1. The molecule has 3 N–H and O–H groups in total. The quantitative estimate of drug-likeness (QED) is 0.154. The van der Waals surface area contributed by atoms with E-state index in [0.717, 1.165) is 103 Å². The van der Waals surface area contributed by atoms with Crippen molar-refractivity contribution < 1.29 is 14.7 Å². The van der Waals surface area contributed by atoms with Crippen LogP contribution in [0, 0.1) is 36.8 Å². The van der Waals surface area contributed by atoms with Crippen molar-refractivity contribution in [1.29, 1.82) is 0 Å². The van der Waals surface area contributed by atoms with Gasteiger partial charge in [-0.05, 0) is 199 Å². The fraction of sp³-hybridized carbons (Fsp3) is 0.611. The maximum absolute atomic E-state index is 13.2. The molecule has 10 aliphatic rings. The van der Waals surface area contributed by atoms with Gasteiger partial charge in [-0.25, -0.2) is 24.5 Å². The number of halogens is 3. The number of nitrogens with zero attached hydrogens (tertiary/aromatic N) is 12. The van der Waals surface area contributed by atoms with E-state index >= 15 is 0 Å². The van der Waals surface area contributed by atoms with Gasteiger partial charge >= 0.3 is 5.97 Å². The van der Waals surface area contributed by atoms with Gasteiger partial charge in [-0.3, -0.25) is 14.8 Å². The Morgan fingerprint density at radius 3 is 1.30 bits per heavy atom. The van der Waals surface area contributed by atoms with Crippen molar-refractivity contribution in [1.82, 2.24) is 29.6 Å². The number of hydrogen-bond acceptors (Lipinski definition) is 12. The predicted molar refractivity (Wildman–Crippen MR) is 374 cm³/mol. The van der Waals surface area contributed by atoms with Gasteiger partial charge in [0.15, 0.2) is 0 Å². The number of anilines is 2. The zero-order chi connectivity index (χ0) is 62.9. The van der Waals surface area contributed by atoms with Gasteiger partial charge in [0.05, 0.1) is 59.4 Å². The number of likely N-dealkylation sites (tertiary alicyclic amines) is 1. The largest absolute Gasteiger partial charge is 0.477 e. The Kier molecular flexibility index (Phi) is 25.7. The topological polar surface area (TPSA) is 159 Å². The lowest BCUT2D eigenvalue weighted by Gasteiger charge is -2.34. The van der Waals surface area contributed by atoms with Gasteiger partial charge in [-0.15, -0.1) is 12.4 Å². The standard InChI is InChI=1S/C29H33ClN6O.C23H21ClN4O2.2C7H15N.C5H11N.CH4.ClH/c1-31-25-11-8-19(16-23(25)30)36-28(18-6-4-5-7-18)22-10-12-24-21(27(22)33-36)9-13-26(32-24)29(37)35-15-14-20(17-35)34(2)3;1-25-19-9-6-14(12-17(19)24)28-22(13-4-2-3-5-13)16-8-10-18-15(21(16)27-28)7-11-20(26-18)23(29)30;2*1-8(2)7-5-3-4-6-7;6-5-3-1-2-4-5;;/h8-9,11,13,16,18,20,22,28H,4-7,10,12,14-15,17H2,2-3H3;6-7,9,11-13,16,22H,2-5,8,10H2,(H,29,30);2*7H,3-6H2,1-2H3;5H,1-4,6H2;1H4;1H/t20-,22?,28?;;;;;;/m1....../s1. The van der Waals surface area contributed by atoms with E-state index in [1.807, 2.05) is 41.3 Å². The highest BCUT2D eigenvalue weighted by Crippen LogP contribution is 2.48. The third kappa shape index (κ3) is 16.8. The molecule has 91 heavy (non-hydrogen) atoms. The normalized spacial score (nSPS) is 23.5. The second-order valence-electron chi connectivity index (χ2n) is 27.2. The monoisotopic (exact) mass is 1300 g/mol. The van der Waals surface area contributed by atoms with Crippen molar-refractivity contribution in [2.45, 2.75) is 204 Å². The minimum Gasteiger partial charge on any atom is -0.477 e. The van der Waals surface area contributed by atoms with E-state index in [0.29, 0.717) is 57.0 Å². The van der Waals surface area contributed by atoms with Crippen LogP contribution in [0.2, 0.25) is 10.0 Å². The van der Waals surface area contributed by atoms with Crippen molar-refractivity contribution in [3.05, 3.63) is 127 Å². The highest BCUT2D eigenvalue weighted by Gasteiger charge is 2.48. The molecule has 492 valence electrons. The van der Waals surface area contributed by atoms with E-state index in [1.54, 1.807) is 18.2 Å². The molecule has 0 spiro atoms. The molecule has 4 aromatic rings. The van der Waals surface area contributed by atoms with Gasteiger partial charge in [-0.2, -0.15) is 10.2 Å². The molecule has 6 fully saturated rings. The molecule has 0 bridgehead atoms. The van der Waals surface area contributed by atoms with Crippen LogP contribution in [0.5, 0.6) is 0 Å². The summed E-state index contributed by atoms with van der Waals surface area (Å²) < 4.78 is 0. The Bertz CT molecular complexity index is 3240. The number of aromatic nitrogens is 2. The second kappa shape index (κ2) is 32.9. The number of carbonyl (C=O) groups is 2. The summed E-state index contributed by atoms with van der Waals surface area (Å²) >= 11 is 12.8. The van der Waals surface area contributed by atoms with E-state index in [1.165, 1.54) is 128 Å². The number of aromatic carboxylic acids is 1. The van der Waals surface area contributed by atoms with Crippen molar-refractivity contribution in [3.8, 4) is 0 Å². The smallest absolute Gasteiger partial charge is 0.354 e. The highest BCUT2D eigenvalue weighted by molar-refractivity contribution is 6.34. The molecule has 14 rings (SSSR count). The minimum absolute atomic E-state index is 0. The molecule has 2 aromatic heterocycles. The van der Waals surface area contributed by atoms with Crippen LogP contribution >= 0.6 is 35.6 Å². The number of carboxylic acid groups (broad SMARTS) is 1. The number of rotatable bonds is 9. The van der Waals surface area contributed by atoms with E-state index < -0.39 is 5.97 Å². The molecule has 7 aliphatic carbocycles. The average molecular weight is 1300 g/mol.